The van der Waals surface area contributed by atoms with Gasteiger partial charge in [-0.1, -0.05) is 41.6 Å². The zero-order valence-corrected chi connectivity index (χ0v) is 20.8. The molecule has 0 saturated carbocycles. The van der Waals surface area contributed by atoms with Crippen molar-refractivity contribution in [3.63, 3.8) is 0 Å². The van der Waals surface area contributed by atoms with Crippen molar-refractivity contribution in [2.24, 2.45) is 0 Å². The molecule has 33 heavy (non-hydrogen) atoms. The molecule has 174 valence electrons. The topological polar surface area (TPSA) is 21.7 Å². The lowest BCUT2D eigenvalue weighted by Gasteiger charge is -2.36. The van der Waals surface area contributed by atoms with Gasteiger partial charge in [-0.3, -0.25) is 0 Å². The molecule has 3 aromatic rings. The van der Waals surface area contributed by atoms with E-state index in [9.17, 15) is 4.39 Å². The Bertz CT molecular complexity index is 1100. The van der Waals surface area contributed by atoms with Crippen LogP contribution in [0.25, 0.3) is 0 Å². The molecular weight excluding hydrogens is 457 g/mol. The quantitative estimate of drug-likeness (QED) is 0.361. The molecule has 0 unspecified atom stereocenters. The summed E-state index contributed by atoms with van der Waals surface area (Å²) in [6, 6.07) is 19.7. The first-order valence-corrected chi connectivity index (χ1v) is 12.2. The van der Waals surface area contributed by atoms with E-state index in [1.54, 1.807) is 31.0 Å². The maximum atomic E-state index is 14.5. The molecule has 1 aliphatic heterocycles. The van der Waals surface area contributed by atoms with Crippen LogP contribution in [-0.2, 0) is 21.5 Å². The first-order chi connectivity index (χ1) is 15.9. The third-order valence-electron chi connectivity index (χ3n) is 6.20. The van der Waals surface area contributed by atoms with Crippen LogP contribution >= 0.6 is 23.4 Å². The van der Waals surface area contributed by atoms with Crippen molar-refractivity contribution in [1.29, 1.82) is 0 Å². The summed E-state index contributed by atoms with van der Waals surface area (Å²) in [6.45, 7) is 1.24. The van der Waals surface area contributed by atoms with Crippen molar-refractivity contribution in [3.8, 4) is 0 Å². The largest absolute Gasteiger partial charge is 0.381 e. The van der Waals surface area contributed by atoms with Gasteiger partial charge in [0.1, 0.15) is 5.82 Å². The summed E-state index contributed by atoms with van der Waals surface area (Å²) < 4.78 is 25.8. The Kier molecular flexibility index (Phi) is 7.65. The molecule has 0 atom stereocenters. The van der Waals surface area contributed by atoms with Crippen LogP contribution in [-0.4, -0.2) is 34.4 Å². The first-order valence-electron chi connectivity index (χ1n) is 11.0. The van der Waals surface area contributed by atoms with Gasteiger partial charge in [0.2, 0.25) is 0 Å². The number of nitrogens with zero attached hydrogens (tertiary/aromatic N) is 1. The highest BCUT2D eigenvalue weighted by Gasteiger charge is 2.35. The van der Waals surface area contributed by atoms with Gasteiger partial charge in [-0.05, 0) is 65.6 Å². The van der Waals surface area contributed by atoms with E-state index in [4.69, 9.17) is 21.1 Å². The fraction of sp³-hybridized carbons (Fsp3) is 0.333. The molecule has 0 radical (unpaired) electrons. The average Bonchev–Trinajstić information content (AvgIpc) is 2.81. The standard InChI is InChI=1S/C27H29ClFNO2S/c1-30(2)23-7-6-20(26(28)18-23)14-19-4-8-24(9-5-19)33-25-16-21(15-22(29)17-25)27(31-3)10-12-32-13-11-27/h4-9,15-18H,10-14H2,1-3H3. The molecule has 0 bridgehead atoms. The number of benzene rings is 3. The van der Waals surface area contributed by atoms with Gasteiger partial charge in [-0.25, -0.2) is 4.39 Å². The number of hydrogen-bond donors (Lipinski definition) is 0. The van der Waals surface area contributed by atoms with Crippen LogP contribution in [0.15, 0.2) is 70.5 Å². The minimum atomic E-state index is -0.485. The van der Waals surface area contributed by atoms with Crippen LogP contribution in [0, 0.1) is 5.82 Å². The minimum absolute atomic E-state index is 0.245. The first kappa shape index (κ1) is 24.1. The van der Waals surface area contributed by atoms with Gasteiger partial charge in [0.05, 0.1) is 5.60 Å². The number of anilines is 1. The Balaban J connectivity index is 1.49. The molecule has 0 spiro atoms. The summed E-state index contributed by atoms with van der Waals surface area (Å²) >= 11 is 8.05. The molecule has 0 aromatic heterocycles. The summed E-state index contributed by atoms with van der Waals surface area (Å²) in [5.74, 6) is -0.245. The van der Waals surface area contributed by atoms with Crippen molar-refractivity contribution >= 4 is 29.1 Å². The molecule has 6 heteroatoms. The second-order valence-corrected chi connectivity index (χ2v) is 10.1. The summed E-state index contributed by atoms with van der Waals surface area (Å²) in [5.41, 5.74) is 3.75. The van der Waals surface area contributed by atoms with Gasteiger partial charge < -0.3 is 14.4 Å². The maximum Gasteiger partial charge on any atom is 0.124 e. The van der Waals surface area contributed by atoms with Crippen LogP contribution in [0.1, 0.15) is 29.5 Å². The fourth-order valence-corrected chi connectivity index (χ4v) is 5.33. The van der Waals surface area contributed by atoms with Crippen molar-refractivity contribution in [3.05, 3.63) is 88.2 Å². The average molecular weight is 486 g/mol. The lowest BCUT2D eigenvalue weighted by molar-refractivity contribution is -0.0950. The number of rotatable bonds is 7. The number of ether oxygens (including phenoxy) is 2. The van der Waals surface area contributed by atoms with Crippen LogP contribution in [0.4, 0.5) is 10.1 Å². The van der Waals surface area contributed by atoms with E-state index in [-0.39, 0.29) is 5.82 Å². The van der Waals surface area contributed by atoms with E-state index in [1.807, 2.05) is 31.1 Å². The van der Waals surface area contributed by atoms with Crippen molar-refractivity contribution in [2.45, 2.75) is 34.7 Å². The second kappa shape index (κ2) is 10.5. The summed E-state index contributed by atoms with van der Waals surface area (Å²) in [6.07, 6.45) is 2.22. The molecule has 0 aliphatic carbocycles. The Morgan fingerprint density at radius 3 is 2.36 bits per heavy atom. The van der Waals surface area contributed by atoms with E-state index >= 15 is 0 Å². The van der Waals surface area contributed by atoms with Crippen molar-refractivity contribution < 1.29 is 13.9 Å². The molecule has 3 nitrogen and oxygen atoms in total. The SMILES string of the molecule is COC1(c2cc(F)cc(Sc3ccc(Cc4ccc(N(C)C)cc4Cl)cc3)c2)CCOCC1. The van der Waals surface area contributed by atoms with E-state index < -0.39 is 5.60 Å². The van der Waals surface area contributed by atoms with Gasteiger partial charge in [0.25, 0.3) is 0 Å². The highest BCUT2D eigenvalue weighted by Crippen LogP contribution is 2.39. The molecular formula is C27H29ClFNO2S. The van der Waals surface area contributed by atoms with Crippen molar-refractivity contribution in [1.82, 2.24) is 0 Å². The van der Waals surface area contributed by atoms with Gasteiger partial charge in [-0.15, -0.1) is 0 Å². The number of halogens is 2. The normalized spacial score (nSPS) is 15.4. The zero-order chi connectivity index (χ0) is 23.4. The smallest absolute Gasteiger partial charge is 0.124 e. The van der Waals surface area contributed by atoms with Crippen LogP contribution < -0.4 is 4.90 Å². The van der Waals surface area contributed by atoms with Gasteiger partial charge >= 0.3 is 0 Å². The van der Waals surface area contributed by atoms with Gasteiger partial charge in [0, 0.05) is 67.8 Å². The molecule has 1 saturated heterocycles. The van der Waals surface area contributed by atoms with Crippen LogP contribution in [0.2, 0.25) is 5.02 Å². The molecule has 1 heterocycles. The zero-order valence-electron chi connectivity index (χ0n) is 19.2. The van der Waals surface area contributed by atoms with Gasteiger partial charge in [0.15, 0.2) is 0 Å². The Morgan fingerprint density at radius 2 is 1.73 bits per heavy atom. The number of hydrogen-bond acceptors (Lipinski definition) is 4. The summed E-state index contributed by atoms with van der Waals surface area (Å²) in [5, 5.41) is 0.770. The molecule has 4 rings (SSSR count). The van der Waals surface area contributed by atoms with E-state index in [2.05, 4.69) is 36.4 Å². The van der Waals surface area contributed by atoms with E-state index in [0.29, 0.717) is 13.2 Å². The third-order valence-corrected chi connectivity index (χ3v) is 7.53. The Hall–Kier alpha value is -2.05. The third kappa shape index (κ3) is 5.72. The maximum absolute atomic E-state index is 14.5. The van der Waals surface area contributed by atoms with Gasteiger partial charge in [-0.2, -0.15) is 0 Å². The predicted octanol–water partition coefficient (Wildman–Crippen LogP) is 6.94. The summed E-state index contributed by atoms with van der Waals surface area (Å²) in [7, 11) is 5.70. The highest BCUT2D eigenvalue weighted by molar-refractivity contribution is 7.99. The minimum Gasteiger partial charge on any atom is -0.381 e. The molecule has 1 fully saturated rings. The van der Waals surface area contributed by atoms with Crippen LogP contribution in [0.5, 0.6) is 0 Å². The monoisotopic (exact) mass is 485 g/mol. The number of methoxy groups -OCH3 is 1. The lowest BCUT2D eigenvalue weighted by atomic mass is 9.86. The van der Waals surface area contributed by atoms with E-state index in [1.165, 1.54) is 5.56 Å². The highest BCUT2D eigenvalue weighted by atomic mass is 35.5. The Labute approximate surface area is 204 Å². The Morgan fingerprint density at radius 1 is 1.00 bits per heavy atom. The molecule has 0 amide bonds. The second-order valence-electron chi connectivity index (χ2n) is 8.58. The lowest BCUT2D eigenvalue weighted by Crippen LogP contribution is -2.35. The van der Waals surface area contributed by atoms with Crippen LogP contribution in [0.3, 0.4) is 0 Å². The predicted molar refractivity (Wildman–Crippen MR) is 134 cm³/mol. The summed E-state index contributed by atoms with van der Waals surface area (Å²) in [4.78, 5) is 3.96. The molecule has 1 aliphatic rings. The van der Waals surface area contributed by atoms with E-state index in [0.717, 1.165) is 50.9 Å². The molecule has 3 aromatic carbocycles. The molecule has 0 N–H and O–H groups in total. The fourth-order valence-electron chi connectivity index (χ4n) is 4.19. The van der Waals surface area contributed by atoms with Crippen molar-refractivity contribution in [2.75, 3.05) is 39.3 Å².